The van der Waals surface area contributed by atoms with Crippen molar-refractivity contribution in [2.24, 2.45) is 0 Å². The van der Waals surface area contributed by atoms with Crippen LogP contribution in [0.5, 0.6) is 5.75 Å². The van der Waals surface area contributed by atoms with E-state index >= 15 is 0 Å². The molecule has 2 heterocycles. The summed E-state index contributed by atoms with van der Waals surface area (Å²) in [5.74, 6) is 2.39. The quantitative estimate of drug-likeness (QED) is 0.563. The van der Waals surface area contributed by atoms with Gasteiger partial charge in [0.25, 0.3) is 0 Å². The maximum Gasteiger partial charge on any atom is 0.233 e. The highest BCUT2D eigenvalue weighted by Crippen LogP contribution is 2.22. The van der Waals surface area contributed by atoms with Gasteiger partial charge in [-0.15, -0.1) is 12.4 Å². The lowest BCUT2D eigenvalue weighted by Crippen LogP contribution is -2.37. The summed E-state index contributed by atoms with van der Waals surface area (Å²) in [6.45, 7) is 4.95. The average Bonchev–Trinajstić information content (AvgIpc) is 2.80. The third kappa shape index (κ3) is 5.96. The van der Waals surface area contributed by atoms with E-state index in [1.165, 1.54) is 5.56 Å². The topological polar surface area (TPSA) is 84.4 Å². The van der Waals surface area contributed by atoms with E-state index in [9.17, 15) is 0 Å². The van der Waals surface area contributed by atoms with Gasteiger partial charge in [0, 0.05) is 24.5 Å². The van der Waals surface area contributed by atoms with Crippen molar-refractivity contribution in [1.82, 2.24) is 15.0 Å². The lowest BCUT2D eigenvalue weighted by Gasteiger charge is -2.27. The van der Waals surface area contributed by atoms with Crippen LogP contribution in [0.25, 0.3) is 0 Å². The van der Waals surface area contributed by atoms with Crippen molar-refractivity contribution in [3.8, 4) is 5.75 Å². The summed E-state index contributed by atoms with van der Waals surface area (Å²) >= 11 is 0. The van der Waals surface area contributed by atoms with Crippen LogP contribution in [0.4, 0.5) is 29.2 Å². The maximum absolute atomic E-state index is 5.46. The molecule has 0 atom stereocenters. The molecule has 3 aromatic rings. The summed E-state index contributed by atoms with van der Waals surface area (Å²) in [7, 11) is 1.65. The second-order valence-electron chi connectivity index (χ2n) is 6.91. The fourth-order valence-electron chi connectivity index (χ4n) is 3.14. The number of rotatable bonds is 7. The number of anilines is 5. The van der Waals surface area contributed by atoms with E-state index in [-0.39, 0.29) is 12.4 Å². The SMILES string of the molecule is CCc1ccc(Nc2nc(Nc3ccc(OC)cc3)nc(N3CCOCC3)n2)cc1.Cl. The largest absolute Gasteiger partial charge is 0.497 e. The van der Waals surface area contributed by atoms with Crippen molar-refractivity contribution in [1.29, 1.82) is 0 Å². The van der Waals surface area contributed by atoms with Gasteiger partial charge in [-0.3, -0.25) is 0 Å². The minimum absolute atomic E-state index is 0. The number of aryl methyl sites for hydroxylation is 1. The molecule has 1 fully saturated rings. The predicted molar refractivity (Wildman–Crippen MR) is 125 cm³/mol. The lowest BCUT2D eigenvalue weighted by atomic mass is 10.1. The van der Waals surface area contributed by atoms with Gasteiger partial charge in [-0.05, 0) is 48.4 Å². The van der Waals surface area contributed by atoms with Gasteiger partial charge in [0.05, 0.1) is 20.3 Å². The molecule has 9 heteroatoms. The Labute approximate surface area is 188 Å². The fourth-order valence-corrected chi connectivity index (χ4v) is 3.14. The Hall–Kier alpha value is -3.10. The van der Waals surface area contributed by atoms with E-state index in [0.29, 0.717) is 31.1 Å². The molecule has 1 aromatic heterocycles. The zero-order chi connectivity index (χ0) is 20.8. The summed E-state index contributed by atoms with van der Waals surface area (Å²) in [5, 5.41) is 6.56. The molecule has 4 rings (SSSR count). The van der Waals surface area contributed by atoms with Gasteiger partial charge in [0.1, 0.15) is 5.75 Å². The Morgan fingerprint density at radius 3 is 1.94 bits per heavy atom. The number of aromatic nitrogens is 3. The van der Waals surface area contributed by atoms with Crippen LogP contribution >= 0.6 is 12.4 Å². The van der Waals surface area contributed by atoms with Crippen molar-refractivity contribution in [3.05, 3.63) is 54.1 Å². The zero-order valence-corrected chi connectivity index (χ0v) is 18.5. The van der Waals surface area contributed by atoms with Crippen molar-refractivity contribution < 1.29 is 9.47 Å². The molecule has 1 aliphatic rings. The van der Waals surface area contributed by atoms with Gasteiger partial charge in [-0.2, -0.15) is 15.0 Å². The highest BCUT2D eigenvalue weighted by Gasteiger charge is 2.17. The number of benzene rings is 2. The van der Waals surface area contributed by atoms with Gasteiger partial charge >= 0.3 is 0 Å². The van der Waals surface area contributed by atoms with Crippen LogP contribution in [0.2, 0.25) is 0 Å². The monoisotopic (exact) mass is 442 g/mol. The molecule has 0 unspecified atom stereocenters. The zero-order valence-electron chi connectivity index (χ0n) is 17.7. The number of morpholine rings is 1. The van der Waals surface area contributed by atoms with Crippen LogP contribution < -0.4 is 20.3 Å². The molecule has 2 aromatic carbocycles. The number of hydrogen-bond acceptors (Lipinski definition) is 8. The smallest absolute Gasteiger partial charge is 0.233 e. The molecule has 0 aliphatic carbocycles. The van der Waals surface area contributed by atoms with Gasteiger partial charge in [-0.1, -0.05) is 19.1 Å². The number of halogens is 1. The van der Waals surface area contributed by atoms with Crippen molar-refractivity contribution in [2.75, 3.05) is 48.9 Å². The molecule has 31 heavy (non-hydrogen) atoms. The van der Waals surface area contributed by atoms with E-state index in [1.807, 2.05) is 36.4 Å². The molecule has 0 saturated carbocycles. The minimum Gasteiger partial charge on any atom is -0.497 e. The van der Waals surface area contributed by atoms with Gasteiger partial charge in [0.15, 0.2) is 0 Å². The summed E-state index contributed by atoms with van der Waals surface area (Å²) in [6.07, 6.45) is 1.00. The molecule has 1 saturated heterocycles. The van der Waals surface area contributed by atoms with Crippen LogP contribution in [0.15, 0.2) is 48.5 Å². The Morgan fingerprint density at radius 2 is 1.42 bits per heavy atom. The van der Waals surface area contributed by atoms with E-state index in [1.54, 1.807) is 7.11 Å². The average molecular weight is 443 g/mol. The second-order valence-corrected chi connectivity index (χ2v) is 6.91. The molecule has 2 N–H and O–H groups in total. The first-order valence-electron chi connectivity index (χ1n) is 10.1. The van der Waals surface area contributed by atoms with Crippen LogP contribution in [-0.2, 0) is 11.2 Å². The van der Waals surface area contributed by atoms with E-state index in [0.717, 1.165) is 36.6 Å². The first-order chi connectivity index (χ1) is 14.7. The van der Waals surface area contributed by atoms with Crippen LogP contribution in [-0.4, -0.2) is 48.4 Å². The molecule has 8 nitrogen and oxygen atoms in total. The molecule has 1 aliphatic heterocycles. The van der Waals surface area contributed by atoms with Crippen LogP contribution in [0.3, 0.4) is 0 Å². The third-order valence-corrected chi connectivity index (χ3v) is 4.88. The van der Waals surface area contributed by atoms with E-state index in [4.69, 9.17) is 9.47 Å². The summed E-state index contributed by atoms with van der Waals surface area (Å²) in [5.41, 5.74) is 3.09. The van der Waals surface area contributed by atoms with Crippen molar-refractivity contribution >= 4 is 41.6 Å². The van der Waals surface area contributed by atoms with Gasteiger partial charge < -0.3 is 25.0 Å². The highest BCUT2D eigenvalue weighted by atomic mass is 35.5. The second kappa shape index (κ2) is 10.8. The lowest BCUT2D eigenvalue weighted by molar-refractivity contribution is 0.122. The fraction of sp³-hybridized carbons (Fsp3) is 0.318. The number of nitrogens with one attached hydrogen (secondary N) is 2. The minimum atomic E-state index is 0. The summed E-state index contributed by atoms with van der Waals surface area (Å²) in [6, 6.07) is 15.9. The molecular formula is C22H27ClN6O2. The number of methoxy groups -OCH3 is 1. The van der Waals surface area contributed by atoms with Crippen molar-refractivity contribution in [3.63, 3.8) is 0 Å². The van der Waals surface area contributed by atoms with Crippen LogP contribution in [0.1, 0.15) is 12.5 Å². The summed E-state index contributed by atoms with van der Waals surface area (Å²) < 4.78 is 10.7. The Kier molecular flexibility index (Phi) is 7.86. The number of nitrogens with zero attached hydrogens (tertiary/aromatic N) is 4. The van der Waals surface area contributed by atoms with E-state index < -0.39 is 0 Å². The molecule has 164 valence electrons. The Balaban J connectivity index is 0.00000272. The molecular weight excluding hydrogens is 416 g/mol. The third-order valence-electron chi connectivity index (χ3n) is 4.88. The first kappa shape index (κ1) is 22.6. The molecule has 0 amide bonds. The summed E-state index contributed by atoms with van der Waals surface area (Å²) in [4.78, 5) is 15.9. The number of hydrogen-bond donors (Lipinski definition) is 2. The van der Waals surface area contributed by atoms with Gasteiger partial charge in [0.2, 0.25) is 17.8 Å². The first-order valence-corrected chi connectivity index (χ1v) is 10.1. The number of ether oxygens (including phenoxy) is 2. The standard InChI is InChI=1S/C22H26N6O2.ClH/c1-3-16-4-6-17(7-5-16)23-20-25-21(24-18-8-10-19(29-2)11-9-18)27-22(26-20)28-12-14-30-15-13-28;/h4-11H,3,12-15H2,1-2H3,(H2,23,24,25,26,27);1H. The normalized spacial score (nSPS) is 13.3. The molecule has 0 bridgehead atoms. The molecule has 0 spiro atoms. The highest BCUT2D eigenvalue weighted by molar-refractivity contribution is 5.85. The van der Waals surface area contributed by atoms with Gasteiger partial charge in [-0.25, -0.2) is 0 Å². The predicted octanol–water partition coefficient (Wildman–Crippen LogP) is 4.19. The van der Waals surface area contributed by atoms with Crippen LogP contribution in [0, 0.1) is 0 Å². The van der Waals surface area contributed by atoms with Crippen molar-refractivity contribution in [2.45, 2.75) is 13.3 Å². The Bertz CT molecular complexity index is 895. The molecule has 0 radical (unpaired) electrons. The van der Waals surface area contributed by atoms with E-state index in [2.05, 4.69) is 49.5 Å². The Morgan fingerprint density at radius 1 is 0.871 bits per heavy atom. The maximum atomic E-state index is 5.46.